The van der Waals surface area contributed by atoms with Gasteiger partial charge in [0.05, 0.1) is 7.11 Å². The van der Waals surface area contributed by atoms with Gasteiger partial charge in [-0.05, 0) is 42.3 Å². The van der Waals surface area contributed by atoms with Crippen LogP contribution in [-0.2, 0) is 11.3 Å². The van der Waals surface area contributed by atoms with Crippen molar-refractivity contribution < 1.29 is 27.5 Å². The third-order valence-corrected chi connectivity index (χ3v) is 6.12. The van der Waals surface area contributed by atoms with E-state index in [9.17, 15) is 22.8 Å². The van der Waals surface area contributed by atoms with Crippen molar-refractivity contribution in [3.63, 3.8) is 0 Å². The lowest BCUT2D eigenvalue weighted by Gasteiger charge is -2.38. The molecule has 10 heteroatoms. The van der Waals surface area contributed by atoms with Gasteiger partial charge < -0.3 is 20.3 Å². The molecule has 7 nitrogen and oxygen atoms in total. The average Bonchev–Trinajstić information content (AvgIpc) is 3.14. The van der Waals surface area contributed by atoms with Crippen LogP contribution in [0.25, 0.3) is 0 Å². The summed E-state index contributed by atoms with van der Waals surface area (Å²) in [5, 5.41) is 12.7. The topological polar surface area (TPSA) is 94.5 Å². The van der Waals surface area contributed by atoms with Gasteiger partial charge in [0.2, 0.25) is 0 Å². The first-order valence-electron chi connectivity index (χ1n) is 10.4. The highest BCUT2D eigenvalue weighted by atomic mass is 19.4. The van der Waals surface area contributed by atoms with Gasteiger partial charge in [-0.3, -0.25) is 15.0 Å². The van der Waals surface area contributed by atoms with Crippen LogP contribution in [0.3, 0.4) is 0 Å². The molecule has 0 saturated carbocycles. The number of piperidine rings is 1. The first-order chi connectivity index (χ1) is 15.7. The van der Waals surface area contributed by atoms with E-state index < -0.39 is 17.9 Å². The molecule has 2 aromatic carbocycles. The lowest BCUT2D eigenvalue weighted by atomic mass is 9.86. The van der Waals surface area contributed by atoms with Gasteiger partial charge >= 0.3 is 12.1 Å². The summed E-state index contributed by atoms with van der Waals surface area (Å²) in [4.78, 5) is 26.2. The van der Waals surface area contributed by atoms with E-state index in [1.165, 1.54) is 17.4 Å². The molecule has 2 heterocycles. The number of alkyl halides is 3. The van der Waals surface area contributed by atoms with E-state index in [1.807, 2.05) is 24.3 Å². The van der Waals surface area contributed by atoms with Crippen LogP contribution in [0.4, 0.5) is 13.2 Å². The molecule has 0 spiro atoms. The van der Waals surface area contributed by atoms with Crippen molar-refractivity contribution in [1.29, 1.82) is 5.41 Å². The molecular weight excluding hydrogens is 437 g/mol. The number of carbonyl (C=O) groups excluding carboxylic acids is 2. The Kier molecular flexibility index (Phi) is 6.11. The number of hydrogen-bond donors (Lipinski definition) is 3. The first-order valence-corrected chi connectivity index (χ1v) is 10.4. The Morgan fingerprint density at radius 3 is 2.61 bits per heavy atom. The number of benzene rings is 2. The van der Waals surface area contributed by atoms with E-state index in [1.54, 1.807) is 18.1 Å². The summed E-state index contributed by atoms with van der Waals surface area (Å²) >= 11 is 0. The highest BCUT2D eigenvalue weighted by Crippen LogP contribution is 2.35. The summed E-state index contributed by atoms with van der Waals surface area (Å²) in [7, 11) is 1.60. The van der Waals surface area contributed by atoms with Gasteiger partial charge in [-0.2, -0.15) is 13.2 Å². The van der Waals surface area contributed by atoms with Gasteiger partial charge in [0.25, 0.3) is 5.91 Å². The minimum Gasteiger partial charge on any atom is -0.497 e. The molecule has 33 heavy (non-hydrogen) atoms. The fourth-order valence-electron chi connectivity index (χ4n) is 4.41. The zero-order valence-electron chi connectivity index (χ0n) is 17.8. The predicted molar refractivity (Wildman–Crippen MR) is 114 cm³/mol. The zero-order chi connectivity index (χ0) is 23.8. The van der Waals surface area contributed by atoms with Crippen LogP contribution in [0.15, 0.2) is 42.5 Å². The van der Waals surface area contributed by atoms with Crippen molar-refractivity contribution in [1.82, 2.24) is 15.5 Å². The standard InChI is InChI=1S/C23H23F3N4O3/c1-33-16-6-4-13(5-7-16)18-11-28-9-8-19(18)30-12-15-3-2-14(10-17(15)21(30)31)20(27)29-22(32)23(24,25)26/h2-7,10,18-19,28H,8-9,11-12H2,1H3,(H2,27,29,32). The second-order valence-corrected chi connectivity index (χ2v) is 8.07. The van der Waals surface area contributed by atoms with Gasteiger partial charge in [-0.25, -0.2) is 0 Å². The maximum Gasteiger partial charge on any atom is 0.471 e. The molecule has 0 bridgehead atoms. The molecule has 2 aliphatic heterocycles. The van der Waals surface area contributed by atoms with Crippen LogP contribution in [0.1, 0.15) is 39.4 Å². The number of nitrogens with zero attached hydrogens (tertiary/aromatic N) is 1. The van der Waals surface area contributed by atoms with Crippen molar-refractivity contribution in [2.24, 2.45) is 0 Å². The molecule has 1 saturated heterocycles. The Labute approximate surface area is 188 Å². The molecule has 174 valence electrons. The number of carbonyl (C=O) groups is 2. The summed E-state index contributed by atoms with van der Waals surface area (Å²) in [6.45, 7) is 1.85. The number of amides is 2. The Hall–Kier alpha value is -3.40. The van der Waals surface area contributed by atoms with Gasteiger partial charge in [-0.15, -0.1) is 0 Å². The third-order valence-electron chi connectivity index (χ3n) is 6.12. The van der Waals surface area contributed by atoms with E-state index >= 15 is 0 Å². The summed E-state index contributed by atoms with van der Waals surface area (Å²) in [5.74, 6) is -2.35. The van der Waals surface area contributed by atoms with Gasteiger partial charge in [0.15, 0.2) is 0 Å². The van der Waals surface area contributed by atoms with Gasteiger partial charge in [0, 0.05) is 36.2 Å². The first kappa shape index (κ1) is 22.8. The van der Waals surface area contributed by atoms with Crippen molar-refractivity contribution in [2.45, 2.75) is 31.1 Å². The third kappa shape index (κ3) is 4.56. The largest absolute Gasteiger partial charge is 0.497 e. The lowest BCUT2D eigenvalue weighted by Crippen LogP contribution is -2.48. The Morgan fingerprint density at radius 1 is 1.21 bits per heavy atom. The van der Waals surface area contributed by atoms with E-state index in [-0.39, 0.29) is 23.4 Å². The van der Waals surface area contributed by atoms with Crippen molar-refractivity contribution in [3.05, 3.63) is 64.7 Å². The van der Waals surface area contributed by atoms with Crippen LogP contribution < -0.4 is 15.4 Å². The van der Waals surface area contributed by atoms with Crippen LogP contribution in [0.2, 0.25) is 0 Å². The number of amidine groups is 1. The molecule has 0 radical (unpaired) electrons. The number of rotatable bonds is 4. The maximum atomic E-state index is 13.3. The Morgan fingerprint density at radius 2 is 1.94 bits per heavy atom. The highest BCUT2D eigenvalue weighted by Gasteiger charge is 2.40. The summed E-state index contributed by atoms with van der Waals surface area (Å²) in [5.41, 5.74) is 2.20. The fraction of sp³-hybridized carbons (Fsp3) is 0.348. The summed E-state index contributed by atoms with van der Waals surface area (Å²) < 4.78 is 42.7. The number of ether oxygens (including phenoxy) is 1. The van der Waals surface area contributed by atoms with Crippen LogP contribution in [-0.4, -0.2) is 55.0 Å². The number of halogens is 3. The molecule has 4 rings (SSSR count). The smallest absolute Gasteiger partial charge is 0.471 e. The molecule has 2 atom stereocenters. The number of nitrogens with one attached hydrogen (secondary N) is 3. The number of methoxy groups -OCH3 is 1. The zero-order valence-corrected chi connectivity index (χ0v) is 17.8. The number of hydrogen-bond acceptors (Lipinski definition) is 5. The SMILES string of the molecule is COc1ccc(C2CNCCC2N2Cc3ccc(C(=N)NC(=O)C(F)(F)F)cc3C2=O)cc1. The summed E-state index contributed by atoms with van der Waals surface area (Å²) in [6, 6.07) is 12.1. The van der Waals surface area contributed by atoms with Gasteiger partial charge in [-0.1, -0.05) is 24.3 Å². The normalized spacial score (nSPS) is 20.4. The maximum absolute atomic E-state index is 13.3. The fourth-order valence-corrected chi connectivity index (χ4v) is 4.41. The molecule has 2 aromatic rings. The highest BCUT2D eigenvalue weighted by molar-refractivity contribution is 6.09. The molecule has 2 aliphatic rings. The second kappa shape index (κ2) is 8.86. The Bertz CT molecular complexity index is 1090. The number of fused-ring (bicyclic) bond motifs is 1. The van der Waals surface area contributed by atoms with Crippen LogP contribution in [0.5, 0.6) is 5.75 Å². The molecule has 2 amide bonds. The van der Waals surface area contributed by atoms with E-state index in [2.05, 4.69) is 5.32 Å². The molecule has 3 N–H and O–H groups in total. The predicted octanol–water partition coefficient (Wildman–Crippen LogP) is 2.80. The van der Waals surface area contributed by atoms with Crippen molar-refractivity contribution in [3.8, 4) is 5.75 Å². The van der Waals surface area contributed by atoms with Crippen LogP contribution in [0, 0.1) is 5.41 Å². The lowest BCUT2D eigenvalue weighted by molar-refractivity contribution is -0.171. The van der Waals surface area contributed by atoms with Gasteiger partial charge in [0.1, 0.15) is 11.6 Å². The van der Waals surface area contributed by atoms with Crippen molar-refractivity contribution >= 4 is 17.6 Å². The van der Waals surface area contributed by atoms with E-state index in [4.69, 9.17) is 10.1 Å². The molecule has 1 fully saturated rings. The minimum absolute atomic E-state index is 0.0403. The summed E-state index contributed by atoms with van der Waals surface area (Å²) in [6.07, 6.45) is -4.35. The van der Waals surface area contributed by atoms with E-state index in [0.717, 1.165) is 29.8 Å². The van der Waals surface area contributed by atoms with Crippen LogP contribution >= 0.6 is 0 Å². The molecule has 2 unspecified atom stereocenters. The average molecular weight is 460 g/mol. The monoisotopic (exact) mass is 460 g/mol. The minimum atomic E-state index is -5.10. The van der Waals surface area contributed by atoms with E-state index in [0.29, 0.717) is 18.7 Å². The quantitative estimate of drug-likeness (QED) is 0.483. The molecule has 0 aromatic heterocycles. The molecule has 0 aliphatic carbocycles. The second-order valence-electron chi connectivity index (χ2n) is 8.07. The molecular formula is C23H23F3N4O3. The van der Waals surface area contributed by atoms with Crippen molar-refractivity contribution in [2.75, 3.05) is 20.2 Å². The Balaban J connectivity index is 1.54.